The molecule has 0 saturated heterocycles. The minimum absolute atomic E-state index is 0.110. The summed E-state index contributed by atoms with van der Waals surface area (Å²) in [4.78, 5) is 25.7. The van der Waals surface area contributed by atoms with Gasteiger partial charge in [-0.25, -0.2) is 9.59 Å². The Balaban J connectivity index is 1.80. The summed E-state index contributed by atoms with van der Waals surface area (Å²) < 4.78 is 16.9. The fourth-order valence-corrected chi connectivity index (χ4v) is 3.47. The summed E-state index contributed by atoms with van der Waals surface area (Å²) in [6, 6.07) is 17.2. The lowest BCUT2D eigenvalue weighted by Crippen LogP contribution is -2.44. The van der Waals surface area contributed by atoms with Gasteiger partial charge < -0.3 is 29.5 Å². The van der Waals surface area contributed by atoms with Crippen molar-refractivity contribution in [2.24, 2.45) is 5.92 Å². The number of urea groups is 1. The van der Waals surface area contributed by atoms with Gasteiger partial charge in [0.25, 0.3) is 0 Å². The molecule has 1 atom stereocenters. The van der Waals surface area contributed by atoms with Gasteiger partial charge in [-0.15, -0.1) is 0 Å². The van der Waals surface area contributed by atoms with Crippen LogP contribution in [0.1, 0.15) is 38.3 Å². The Kier molecular flexibility index (Phi) is 13.4. The van der Waals surface area contributed by atoms with Crippen molar-refractivity contribution >= 4 is 12.0 Å². The first-order valence-corrected chi connectivity index (χ1v) is 12.6. The van der Waals surface area contributed by atoms with Crippen LogP contribution in [0.25, 0.3) is 0 Å². The quantitative estimate of drug-likeness (QED) is 0.313. The normalized spacial score (nSPS) is 11.8. The van der Waals surface area contributed by atoms with Crippen LogP contribution in [0.5, 0.6) is 5.75 Å². The van der Waals surface area contributed by atoms with Crippen molar-refractivity contribution in [1.29, 1.82) is 0 Å². The number of nitrogens with one attached hydrogen (secondary N) is 1. The molecule has 0 bridgehead atoms. The van der Waals surface area contributed by atoms with E-state index in [9.17, 15) is 14.7 Å². The third kappa shape index (κ3) is 11.6. The second kappa shape index (κ2) is 16.5. The predicted octanol–water partition coefficient (Wildman–Crippen LogP) is 4.37. The molecular formula is C28H40N2O6. The molecule has 2 N–H and O–H groups in total. The number of amides is 2. The van der Waals surface area contributed by atoms with Crippen LogP contribution in [0, 0.1) is 5.92 Å². The van der Waals surface area contributed by atoms with Crippen LogP contribution in [0.15, 0.2) is 54.6 Å². The molecule has 1 unspecified atom stereocenters. The fourth-order valence-electron chi connectivity index (χ4n) is 3.47. The van der Waals surface area contributed by atoms with Gasteiger partial charge in [0, 0.05) is 32.7 Å². The van der Waals surface area contributed by atoms with Crippen molar-refractivity contribution in [3.05, 3.63) is 65.7 Å². The first-order valence-electron chi connectivity index (χ1n) is 12.6. The number of nitrogens with zero attached hydrogens (tertiary/aromatic N) is 1. The second-order valence-corrected chi connectivity index (χ2v) is 8.94. The SMILES string of the molecule is CCOC(Cc1ccc(OCCN(CCCOCc2ccccc2)C(=O)NCC(C)C)cc1)C(=O)O. The number of carboxylic acid groups (broad SMARTS) is 1. The number of aliphatic carboxylic acids is 1. The molecule has 36 heavy (non-hydrogen) atoms. The van der Waals surface area contributed by atoms with Crippen LogP contribution >= 0.6 is 0 Å². The molecule has 2 aromatic rings. The topological polar surface area (TPSA) is 97.3 Å². The molecule has 0 spiro atoms. The van der Waals surface area contributed by atoms with E-state index < -0.39 is 12.1 Å². The molecule has 0 aliphatic carbocycles. The summed E-state index contributed by atoms with van der Waals surface area (Å²) in [7, 11) is 0. The summed E-state index contributed by atoms with van der Waals surface area (Å²) in [5.41, 5.74) is 1.98. The highest BCUT2D eigenvalue weighted by Gasteiger charge is 2.18. The molecular weight excluding hydrogens is 460 g/mol. The van der Waals surface area contributed by atoms with Gasteiger partial charge in [-0.2, -0.15) is 0 Å². The molecule has 0 aromatic heterocycles. The van der Waals surface area contributed by atoms with E-state index in [-0.39, 0.29) is 6.03 Å². The molecule has 2 aromatic carbocycles. The average molecular weight is 501 g/mol. The number of rotatable bonds is 17. The van der Waals surface area contributed by atoms with Crippen LogP contribution < -0.4 is 10.1 Å². The first kappa shape index (κ1) is 29.1. The highest BCUT2D eigenvalue weighted by molar-refractivity contribution is 5.74. The minimum atomic E-state index is -0.974. The molecule has 0 fully saturated rings. The van der Waals surface area contributed by atoms with Gasteiger partial charge >= 0.3 is 12.0 Å². The minimum Gasteiger partial charge on any atom is -0.492 e. The number of carboxylic acids is 1. The Hall–Kier alpha value is -3.10. The molecule has 198 valence electrons. The molecule has 0 radical (unpaired) electrons. The third-order valence-corrected chi connectivity index (χ3v) is 5.39. The Morgan fingerprint density at radius 3 is 2.33 bits per heavy atom. The monoisotopic (exact) mass is 500 g/mol. The predicted molar refractivity (Wildman–Crippen MR) is 139 cm³/mol. The molecule has 8 nitrogen and oxygen atoms in total. The molecule has 2 rings (SSSR count). The van der Waals surface area contributed by atoms with Gasteiger partial charge in [0.1, 0.15) is 12.4 Å². The number of hydrogen-bond donors (Lipinski definition) is 2. The summed E-state index contributed by atoms with van der Waals surface area (Å²) in [5.74, 6) is 0.0532. The maximum absolute atomic E-state index is 12.7. The van der Waals surface area contributed by atoms with E-state index in [1.807, 2.05) is 42.5 Å². The number of benzene rings is 2. The van der Waals surface area contributed by atoms with Crippen molar-refractivity contribution in [1.82, 2.24) is 10.2 Å². The third-order valence-electron chi connectivity index (χ3n) is 5.39. The zero-order valence-electron chi connectivity index (χ0n) is 21.7. The van der Waals surface area contributed by atoms with Crippen molar-refractivity contribution in [3.63, 3.8) is 0 Å². The van der Waals surface area contributed by atoms with Crippen LogP contribution in [-0.2, 0) is 27.3 Å². The van der Waals surface area contributed by atoms with Gasteiger partial charge in [0.15, 0.2) is 6.10 Å². The van der Waals surface area contributed by atoms with E-state index >= 15 is 0 Å². The molecule has 0 aliphatic heterocycles. The lowest BCUT2D eigenvalue weighted by Gasteiger charge is -2.24. The van der Waals surface area contributed by atoms with E-state index in [2.05, 4.69) is 19.2 Å². The van der Waals surface area contributed by atoms with Gasteiger partial charge in [-0.3, -0.25) is 0 Å². The maximum atomic E-state index is 12.7. The molecule has 0 saturated carbocycles. The van der Waals surface area contributed by atoms with Gasteiger partial charge in [-0.05, 0) is 42.5 Å². The van der Waals surface area contributed by atoms with Crippen LogP contribution in [0.4, 0.5) is 4.79 Å². The standard InChI is InChI=1S/C28H40N2O6/c1-4-35-26(27(31)32)19-23-11-13-25(14-12-23)36-18-16-30(28(33)29-20-22(2)3)15-8-17-34-21-24-9-6-5-7-10-24/h5-7,9-14,22,26H,4,8,15-21H2,1-3H3,(H,29,33)(H,31,32). The summed E-state index contributed by atoms with van der Waals surface area (Å²) >= 11 is 0. The van der Waals surface area contributed by atoms with Crippen molar-refractivity contribution < 1.29 is 28.9 Å². The van der Waals surface area contributed by atoms with Gasteiger partial charge in [0.05, 0.1) is 13.2 Å². The van der Waals surface area contributed by atoms with E-state index in [1.165, 1.54) is 0 Å². The highest BCUT2D eigenvalue weighted by atomic mass is 16.5. The Morgan fingerprint density at radius 2 is 1.69 bits per heavy atom. The van der Waals surface area contributed by atoms with Crippen molar-refractivity contribution in [2.45, 2.75) is 46.3 Å². The number of carbonyl (C=O) groups is 2. The lowest BCUT2D eigenvalue weighted by atomic mass is 10.1. The zero-order chi connectivity index (χ0) is 26.2. The first-order chi connectivity index (χ1) is 17.4. The van der Waals surface area contributed by atoms with E-state index in [0.29, 0.717) is 64.2 Å². The number of ether oxygens (including phenoxy) is 3. The van der Waals surface area contributed by atoms with Gasteiger partial charge in [0.2, 0.25) is 0 Å². The Bertz CT molecular complexity index is 889. The molecule has 2 amide bonds. The molecule has 0 aliphatic rings. The fraction of sp³-hybridized carbons (Fsp3) is 0.500. The second-order valence-electron chi connectivity index (χ2n) is 8.94. The number of hydrogen-bond acceptors (Lipinski definition) is 5. The summed E-state index contributed by atoms with van der Waals surface area (Å²) in [6.45, 7) is 9.31. The van der Waals surface area contributed by atoms with Crippen LogP contribution in [0.2, 0.25) is 0 Å². The summed E-state index contributed by atoms with van der Waals surface area (Å²) in [6.07, 6.45) is 0.150. The summed E-state index contributed by atoms with van der Waals surface area (Å²) in [5, 5.41) is 12.2. The maximum Gasteiger partial charge on any atom is 0.333 e. The van der Waals surface area contributed by atoms with Crippen molar-refractivity contribution in [3.8, 4) is 5.75 Å². The van der Waals surface area contributed by atoms with E-state index in [1.54, 1.807) is 24.0 Å². The van der Waals surface area contributed by atoms with Crippen LogP contribution in [0.3, 0.4) is 0 Å². The van der Waals surface area contributed by atoms with E-state index in [0.717, 1.165) is 17.5 Å². The Labute approximate surface area is 214 Å². The number of carbonyl (C=O) groups excluding carboxylic acids is 1. The largest absolute Gasteiger partial charge is 0.492 e. The molecule has 0 heterocycles. The highest BCUT2D eigenvalue weighted by Crippen LogP contribution is 2.15. The average Bonchev–Trinajstić information content (AvgIpc) is 2.87. The Morgan fingerprint density at radius 1 is 0.972 bits per heavy atom. The molecule has 8 heteroatoms. The van der Waals surface area contributed by atoms with Gasteiger partial charge in [-0.1, -0.05) is 56.3 Å². The van der Waals surface area contributed by atoms with E-state index in [4.69, 9.17) is 14.2 Å². The smallest absolute Gasteiger partial charge is 0.333 e. The lowest BCUT2D eigenvalue weighted by molar-refractivity contribution is -0.149. The van der Waals surface area contributed by atoms with Crippen LogP contribution in [-0.4, -0.2) is 67.6 Å². The van der Waals surface area contributed by atoms with Crippen molar-refractivity contribution in [2.75, 3.05) is 39.5 Å². The zero-order valence-corrected chi connectivity index (χ0v) is 21.7.